The Morgan fingerprint density at radius 2 is 1.94 bits per heavy atom. The van der Waals surface area contributed by atoms with E-state index in [-0.39, 0.29) is 5.52 Å². The molecule has 0 atom stereocenters. The Morgan fingerprint density at radius 3 is 2.59 bits per heavy atom. The molecule has 0 spiro atoms. The molecule has 2 rings (SSSR count). The minimum Gasteiger partial charge on any atom is -0.250 e. The fourth-order valence-corrected chi connectivity index (χ4v) is 2.26. The van der Waals surface area contributed by atoms with Gasteiger partial charge in [-0.05, 0) is 30.5 Å². The second kappa shape index (κ2) is 4.79. The SMILES string of the molecule is CC(C)Cc1cc(Cl)c2cc(Cl)cc(F)c2n1. The normalized spacial score (nSPS) is 11.4. The van der Waals surface area contributed by atoms with E-state index in [0.29, 0.717) is 21.3 Å². The predicted molar refractivity (Wildman–Crippen MR) is 70.3 cm³/mol. The topological polar surface area (TPSA) is 12.9 Å². The van der Waals surface area contributed by atoms with Crippen molar-refractivity contribution in [1.82, 2.24) is 4.98 Å². The highest BCUT2D eigenvalue weighted by Crippen LogP contribution is 2.28. The summed E-state index contributed by atoms with van der Waals surface area (Å²) in [7, 11) is 0. The molecule has 90 valence electrons. The van der Waals surface area contributed by atoms with Crippen LogP contribution in [0.2, 0.25) is 10.0 Å². The van der Waals surface area contributed by atoms with Crippen LogP contribution in [0.25, 0.3) is 10.9 Å². The van der Waals surface area contributed by atoms with Gasteiger partial charge < -0.3 is 0 Å². The molecule has 0 N–H and O–H groups in total. The lowest BCUT2D eigenvalue weighted by Crippen LogP contribution is -1.99. The van der Waals surface area contributed by atoms with Crippen molar-refractivity contribution in [2.75, 3.05) is 0 Å². The van der Waals surface area contributed by atoms with Crippen molar-refractivity contribution in [3.05, 3.63) is 39.8 Å². The fraction of sp³-hybridized carbons (Fsp3) is 0.308. The molecule has 1 aromatic carbocycles. The summed E-state index contributed by atoms with van der Waals surface area (Å²) >= 11 is 11.9. The minimum absolute atomic E-state index is 0.289. The van der Waals surface area contributed by atoms with Gasteiger partial charge in [-0.1, -0.05) is 37.0 Å². The molecule has 0 amide bonds. The molecular formula is C13H12Cl2FN. The highest BCUT2D eigenvalue weighted by Gasteiger charge is 2.10. The van der Waals surface area contributed by atoms with Gasteiger partial charge in [0.2, 0.25) is 0 Å². The molecule has 0 saturated heterocycles. The number of aromatic nitrogens is 1. The van der Waals surface area contributed by atoms with E-state index in [1.165, 1.54) is 6.07 Å². The van der Waals surface area contributed by atoms with Crippen LogP contribution in [-0.2, 0) is 6.42 Å². The highest BCUT2D eigenvalue weighted by molar-refractivity contribution is 6.36. The van der Waals surface area contributed by atoms with Gasteiger partial charge in [-0.25, -0.2) is 9.37 Å². The molecule has 17 heavy (non-hydrogen) atoms. The van der Waals surface area contributed by atoms with Crippen molar-refractivity contribution in [2.45, 2.75) is 20.3 Å². The Morgan fingerprint density at radius 1 is 1.24 bits per heavy atom. The molecule has 0 bridgehead atoms. The molecular weight excluding hydrogens is 260 g/mol. The number of halogens is 3. The van der Waals surface area contributed by atoms with E-state index in [4.69, 9.17) is 23.2 Å². The number of nitrogens with zero attached hydrogens (tertiary/aromatic N) is 1. The van der Waals surface area contributed by atoms with Gasteiger partial charge >= 0.3 is 0 Å². The van der Waals surface area contributed by atoms with Crippen LogP contribution in [0.15, 0.2) is 18.2 Å². The first-order chi connectivity index (χ1) is 7.97. The zero-order valence-corrected chi connectivity index (χ0v) is 11.1. The van der Waals surface area contributed by atoms with Crippen molar-refractivity contribution in [1.29, 1.82) is 0 Å². The van der Waals surface area contributed by atoms with Gasteiger partial charge in [-0.15, -0.1) is 0 Å². The quantitative estimate of drug-likeness (QED) is 0.759. The molecule has 0 radical (unpaired) electrons. The average molecular weight is 272 g/mol. The lowest BCUT2D eigenvalue weighted by atomic mass is 10.1. The lowest BCUT2D eigenvalue weighted by Gasteiger charge is -2.08. The van der Waals surface area contributed by atoms with Gasteiger partial charge in [0.15, 0.2) is 5.82 Å². The summed E-state index contributed by atoms with van der Waals surface area (Å²) in [5.41, 5.74) is 1.09. The number of benzene rings is 1. The first kappa shape index (κ1) is 12.6. The zero-order chi connectivity index (χ0) is 12.6. The van der Waals surface area contributed by atoms with Crippen LogP contribution >= 0.6 is 23.2 Å². The van der Waals surface area contributed by atoms with Crippen LogP contribution < -0.4 is 0 Å². The number of rotatable bonds is 2. The number of hydrogen-bond donors (Lipinski definition) is 0. The van der Waals surface area contributed by atoms with Crippen molar-refractivity contribution in [2.24, 2.45) is 5.92 Å². The standard InChI is InChI=1S/C13H12Cl2FN/c1-7(2)3-9-6-11(15)10-4-8(14)5-12(16)13(10)17-9/h4-7H,3H2,1-2H3. The summed E-state index contributed by atoms with van der Waals surface area (Å²) in [5.74, 6) is 0.0198. The third kappa shape index (κ3) is 2.70. The Kier molecular flexibility index (Phi) is 3.55. The molecule has 2 aromatic rings. The van der Waals surface area contributed by atoms with Gasteiger partial charge in [-0.3, -0.25) is 0 Å². The second-order valence-corrected chi connectivity index (χ2v) is 5.32. The molecule has 0 fully saturated rings. The number of fused-ring (bicyclic) bond motifs is 1. The molecule has 0 aliphatic rings. The first-order valence-electron chi connectivity index (χ1n) is 5.41. The van der Waals surface area contributed by atoms with Crippen molar-refractivity contribution < 1.29 is 4.39 Å². The Hall–Kier alpha value is -0.860. The highest BCUT2D eigenvalue weighted by atomic mass is 35.5. The number of hydrogen-bond acceptors (Lipinski definition) is 1. The zero-order valence-electron chi connectivity index (χ0n) is 9.60. The summed E-state index contributed by atoms with van der Waals surface area (Å²) in [6.07, 6.45) is 0.776. The van der Waals surface area contributed by atoms with Crippen molar-refractivity contribution in [3.8, 4) is 0 Å². The molecule has 0 aliphatic carbocycles. The summed E-state index contributed by atoms with van der Waals surface area (Å²) in [6.45, 7) is 4.16. The minimum atomic E-state index is -0.431. The van der Waals surface area contributed by atoms with Gasteiger partial charge in [0, 0.05) is 16.1 Å². The van der Waals surface area contributed by atoms with E-state index >= 15 is 0 Å². The van der Waals surface area contributed by atoms with E-state index in [0.717, 1.165) is 12.1 Å². The molecule has 1 nitrogen and oxygen atoms in total. The van der Waals surface area contributed by atoms with E-state index in [1.807, 2.05) is 0 Å². The molecule has 4 heteroatoms. The van der Waals surface area contributed by atoms with E-state index < -0.39 is 5.82 Å². The van der Waals surface area contributed by atoms with Crippen LogP contribution in [0.1, 0.15) is 19.5 Å². The Labute approximate surface area is 110 Å². The van der Waals surface area contributed by atoms with Crippen molar-refractivity contribution >= 4 is 34.1 Å². The Bertz CT molecular complexity index is 567. The lowest BCUT2D eigenvalue weighted by molar-refractivity contribution is 0.625. The van der Waals surface area contributed by atoms with Crippen LogP contribution in [0.5, 0.6) is 0 Å². The van der Waals surface area contributed by atoms with Crippen LogP contribution in [0, 0.1) is 11.7 Å². The van der Waals surface area contributed by atoms with Gasteiger partial charge in [0.1, 0.15) is 5.52 Å². The summed E-state index contributed by atoms with van der Waals surface area (Å²) in [6, 6.07) is 4.67. The monoisotopic (exact) mass is 271 g/mol. The Balaban J connectivity index is 2.64. The maximum absolute atomic E-state index is 13.7. The fourth-order valence-electron chi connectivity index (χ4n) is 1.78. The average Bonchev–Trinajstić information content (AvgIpc) is 2.19. The smallest absolute Gasteiger partial charge is 0.150 e. The summed E-state index contributed by atoms with van der Waals surface area (Å²) in [4.78, 5) is 4.30. The van der Waals surface area contributed by atoms with Crippen molar-refractivity contribution in [3.63, 3.8) is 0 Å². The third-order valence-corrected chi connectivity index (χ3v) is 2.98. The molecule has 0 aliphatic heterocycles. The maximum Gasteiger partial charge on any atom is 0.150 e. The largest absolute Gasteiger partial charge is 0.250 e. The van der Waals surface area contributed by atoms with Gasteiger partial charge in [0.05, 0.1) is 5.02 Å². The summed E-state index contributed by atoms with van der Waals surface area (Å²) < 4.78 is 13.7. The molecule has 1 heterocycles. The van der Waals surface area contributed by atoms with Crippen LogP contribution in [-0.4, -0.2) is 4.98 Å². The molecule has 0 unspecified atom stereocenters. The molecule has 1 aromatic heterocycles. The summed E-state index contributed by atoms with van der Waals surface area (Å²) in [5, 5.41) is 1.38. The number of pyridine rings is 1. The van der Waals surface area contributed by atoms with Gasteiger partial charge in [0.25, 0.3) is 0 Å². The predicted octanol–water partition coefficient (Wildman–Crippen LogP) is 4.88. The van der Waals surface area contributed by atoms with Crippen LogP contribution in [0.4, 0.5) is 4.39 Å². The molecule has 0 saturated carbocycles. The first-order valence-corrected chi connectivity index (χ1v) is 6.17. The second-order valence-electron chi connectivity index (χ2n) is 4.48. The maximum atomic E-state index is 13.7. The van der Waals surface area contributed by atoms with E-state index in [1.54, 1.807) is 12.1 Å². The van der Waals surface area contributed by atoms with Crippen LogP contribution in [0.3, 0.4) is 0 Å². The third-order valence-electron chi connectivity index (χ3n) is 2.45. The van der Waals surface area contributed by atoms with E-state index in [2.05, 4.69) is 18.8 Å². The van der Waals surface area contributed by atoms with Gasteiger partial charge in [-0.2, -0.15) is 0 Å². The van der Waals surface area contributed by atoms with E-state index in [9.17, 15) is 4.39 Å².